The van der Waals surface area contributed by atoms with Crippen molar-refractivity contribution in [3.05, 3.63) is 29.6 Å². The van der Waals surface area contributed by atoms with Gasteiger partial charge in [-0.25, -0.2) is 4.79 Å². The number of carboxylic acid groups (broad SMARTS) is 1. The second-order valence-corrected chi connectivity index (χ2v) is 3.84. The zero-order chi connectivity index (χ0) is 12.8. The van der Waals surface area contributed by atoms with Gasteiger partial charge in [0.1, 0.15) is 6.04 Å². The van der Waals surface area contributed by atoms with Crippen LogP contribution in [0.1, 0.15) is 35.7 Å². The first-order valence-electron chi connectivity index (χ1n) is 5.50. The van der Waals surface area contributed by atoms with E-state index in [1.54, 1.807) is 19.2 Å². The predicted molar refractivity (Wildman–Crippen MR) is 62.8 cm³/mol. The summed E-state index contributed by atoms with van der Waals surface area (Å²) >= 11 is 0. The Hall–Kier alpha value is -1.91. The summed E-state index contributed by atoms with van der Waals surface area (Å²) in [5.41, 5.74) is 1.19. The average molecular weight is 236 g/mol. The van der Waals surface area contributed by atoms with Gasteiger partial charge in [0.05, 0.1) is 5.56 Å². The molecular weight excluding hydrogens is 220 g/mol. The number of hydrogen-bond donors (Lipinski definition) is 2. The summed E-state index contributed by atoms with van der Waals surface area (Å²) in [7, 11) is 0. The van der Waals surface area contributed by atoms with Crippen molar-refractivity contribution in [1.82, 2.24) is 10.3 Å². The fourth-order valence-corrected chi connectivity index (χ4v) is 1.48. The van der Waals surface area contributed by atoms with Crippen molar-refractivity contribution < 1.29 is 14.7 Å². The second-order valence-electron chi connectivity index (χ2n) is 3.84. The van der Waals surface area contributed by atoms with E-state index in [0.29, 0.717) is 18.4 Å². The van der Waals surface area contributed by atoms with Gasteiger partial charge in [-0.3, -0.25) is 9.78 Å². The zero-order valence-corrected chi connectivity index (χ0v) is 9.93. The number of carbonyl (C=O) groups is 2. The van der Waals surface area contributed by atoms with E-state index in [0.717, 1.165) is 5.56 Å². The number of nitrogens with one attached hydrogen (secondary N) is 1. The van der Waals surface area contributed by atoms with Gasteiger partial charge in [0, 0.05) is 12.4 Å². The molecule has 1 rings (SSSR count). The summed E-state index contributed by atoms with van der Waals surface area (Å²) in [6.45, 7) is 3.66. The molecule has 0 aliphatic carbocycles. The van der Waals surface area contributed by atoms with Gasteiger partial charge in [-0.05, 0) is 25.0 Å². The van der Waals surface area contributed by atoms with Gasteiger partial charge < -0.3 is 10.4 Å². The predicted octanol–water partition coefficient (Wildman–Crippen LogP) is 1.37. The first-order valence-corrected chi connectivity index (χ1v) is 5.50. The highest BCUT2D eigenvalue weighted by Crippen LogP contribution is 2.06. The molecule has 1 amide bonds. The van der Waals surface area contributed by atoms with Gasteiger partial charge in [0.25, 0.3) is 5.91 Å². The van der Waals surface area contributed by atoms with Crippen molar-refractivity contribution in [1.29, 1.82) is 0 Å². The Morgan fingerprint density at radius 1 is 1.53 bits per heavy atom. The lowest BCUT2D eigenvalue weighted by molar-refractivity contribution is -0.139. The molecule has 0 spiro atoms. The molecule has 0 fully saturated rings. The molecule has 0 saturated heterocycles. The molecule has 0 aliphatic heterocycles. The molecule has 92 valence electrons. The number of carbonyl (C=O) groups excluding carboxylic acids is 1. The summed E-state index contributed by atoms with van der Waals surface area (Å²) in [5.74, 6) is -1.40. The van der Waals surface area contributed by atoms with Gasteiger partial charge in [0.15, 0.2) is 0 Å². The van der Waals surface area contributed by atoms with Crippen molar-refractivity contribution >= 4 is 11.9 Å². The Morgan fingerprint density at radius 2 is 2.24 bits per heavy atom. The molecule has 2 N–H and O–H groups in total. The number of carboxylic acids is 1. The van der Waals surface area contributed by atoms with Crippen LogP contribution in [-0.2, 0) is 4.79 Å². The van der Waals surface area contributed by atoms with Crippen LogP contribution in [0.4, 0.5) is 0 Å². The standard InChI is InChI=1S/C12H16N2O3/c1-3-4-10(12(16)17)14-11(15)9-7-13-6-5-8(9)2/h5-7,10H,3-4H2,1-2H3,(H,14,15)(H,16,17). The minimum atomic E-state index is -1.01. The highest BCUT2D eigenvalue weighted by molar-refractivity contribution is 5.97. The first kappa shape index (κ1) is 13.2. The highest BCUT2D eigenvalue weighted by Gasteiger charge is 2.20. The number of aryl methyl sites for hydroxylation is 1. The maximum atomic E-state index is 11.8. The van der Waals surface area contributed by atoms with E-state index in [9.17, 15) is 9.59 Å². The molecule has 5 heteroatoms. The third kappa shape index (κ3) is 3.55. The van der Waals surface area contributed by atoms with Crippen LogP contribution >= 0.6 is 0 Å². The lowest BCUT2D eigenvalue weighted by Gasteiger charge is -2.14. The van der Waals surface area contributed by atoms with Crippen LogP contribution in [0, 0.1) is 6.92 Å². The second kappa shape index (κ2) is 5.98. The SMILES string of the molecule is CCCC(NC(=O)c1cnccc1C)C(=O)O. The van der Waals surface area contributed by atoms with E-state index in [4.69, 9.17) is 5.11 Å². The summed E-state index contributed by atoms with van der Waals surface area (Å²) in [5, 5.41) is 11.4. The Balaban J connectivity index is 2.77. The van der Waals surface area contributed by atoms with Crippen LogP contribution in [0.15, 0.2) is 18.5 Å². The Kier molecular flexibility index (Phi) is 4.63. The monoisotopic (exact) mass is 236 g/mol. The normalized spacial score (nSPS) is 11.9. The first-order chi connectivity index (χ1) is 8.06. The average Bonchev–Trinajstić information content (AvgIpc) is 2.28. The molecule has 0 aliphatic rings. The van der Waals surface area contributed by atoms with E-state index in [1.807, 2.05) is 6.92 Å². The molecule has 17 heavy (non-hydrogen) atoms. The van der Waals surface area contributed by atoms with Crippen molar-refractivity contribution in [2.75, 3.05) is 0 Å². The molecule has 1 heterocycles. The molecule has 0 aromatic carbocycles. The van der Waals surface area contributed by atoms with Gasteiger partial charge in [-0.2, -0.15) is 0 Å². The summed E-state index contributed by atoms with van der Waals surface area (Å²) in [6.07, 6.45) is 4.14. The fourth-order valence-electron chi connectivity index (χ4n) is 1.48. The van der Waals surface area contributed by atoms with Crippen LogP contribution in [0.5, 0.6) is 0 Å². The van der Waals surface area contributed by atoms with Crippen molar-refractivity contribution in [3.63, 3.8) is 0 Å². The van der Waals surface area contributed by atoms with Gasteiger partial charge in [0.2, 0.25) is 0 Å². The highest BCUT2D eigenvalue weighted by atomic mass is 16.4. The molecule has 0 radical (unpaired) electrons. The molecular formula is C12H16N2O3. The van der Waals surface area contributed by atoms with Crippen LogP contribution in [0.2, 0.25) is 0 Å². The van der Waals surface area contributed by atoms with E-state index in [2.05, 4.69) is 10.3 Å². The number of nitrogens with zero attached hydrogens (tertiary/aromatic N) is 1. The third-order valence-corrected chi connectivity index (χ3v) is 2.46. The number of pyridine rings is 1. The van der Waals surface area contributed by atoms with Crippen LogP contribution in [-0.4, -0.2) is 28.0 Å². The summed E-state index contributed by atoms with van der Waals surface area (Å²) in [4.78, 5) is 26.6. The van der Waals surface area contributed by atoms with Crippen molar-refractivity contribution in [3.8, 4) is 0 Å². The maximum absolute atomic E-state index is 11.8. The smallest absolute Gasteiger partial charge is 0.326 e. The van der Waals surface area contributed by atoms with E-state index >= 15 is 0 Å². The largest absolute Gasteiger partial charge is 0.480 e. The number of rotatable bonds is 5. The lowest BCUT2D eigenvalue weighted by atomic mass is 10.1. The molecule has 1 unspecified atom stereocenters. The molecule has 1 aromatic heterocycles. The molecule has 1 aromatic rings. The topological polar surface area (TPSA) is 79.3 Å². The van der Waals surface area contributed by atoms with Gasteiger partial charge in [-0.15, -0.1) is 0 Å². The molecule has 0 bridgehead atoms. The van der Waals surface area contributed by atoms with E-state index in [-0.39, 0.29) is 0 Å². The number of aromatic nitrogens is 1. The fraction of sp³-hybridized carbons (Fsp3) is 0.417. The van der Waals surface area contributed by atoms with E-state index in [1.165, 1.54) is 6.20 Å². The number of amides is 1. The molecule has 1 atom stereocenters. The van der Waals surface area contributed by atoms with Crippen molar-refractivity contribution in [2.24, 2.45) is 0 Å². The molecule has 0 saturated carbocycles. The van der Waals surface area contributed by atoms with Crippen LogP contribution in [0.25, 0.3) is 0 Å². The van der Waals surface area contributed by atoms with Gasteiger partial charge >= 0.3 is 5.97 Å². The van der Waals surface area contributed by atoms with Crippen LogP contribution in [0.3, 0.4) is 0 Å². The zero-order valence-electron chi connectivity index (χ0n) is 9.93. The number of aliphatic carboxylic acids is 1. The minimum Gasteiger partial charge on any atom is -0.480 e. The van der Waals surface area contributed by atoms with Crippen LogP contribution < -0.4 is 5.32 Å². The minimum absolute atomic E-state index is 0.392. The Labute approximate surface area is 99.9 Å². The molecule has 5 nitrogen and oxygen atoms in total. The van der Waals surface area contributed by atoms with Gasteiger partial charge in [-0.1, -0.05) is 13.3 Å². The summed E-state index contributed by atoms with van der Waals surface area (Å²) < 4.78 is 0. The maximum Gasteiger partial charge on any atom is 0.326 e. The lowest BCUT2D eigenvalue weighted by Crippen LogP contribution is -2.40. The quantitative estimate of drug-likeness (QED) is 0.809. The third-order valence-electron chi connectivity index (χ3n) is 2.46. The number of hydrogen-bond acceptors (Lipinski definition) is 3. The van der Waals surface area contributed by atoms with E-state index < -0.39 is 17.9 Å². The summed E-state index contributed by atoms with van der Waals surface area (Å²) in [6, 6.07) is 0.872. The Morgan fingerprint density at radius 3 is 2.76 bits per heavy atom. The van der Waals surface area contributed by atoms with Crippen molar-refractivity contribution in [2.45, 2.75) is 32.7 Å². The Bertz CT molecular complexity index is 418.